The minimum atomic E-state index is -0.730. The molecule has 5 nitrogen and oxygen atoms in total. The van der Waals surface area contributed by atoms with Crippen LogP contribution in [0, 0.1) is 18.8 Å². The molecule has 0 bridgehead atoms. The molecular weight excluding hydrogens is 256 g/mol. The van der Waals surface area contributed by atoms with Crippen molar-refractivity contribution < 1.29 is 14.7 Å². The van der Waals surface area contributed by atoms with Crippen molar-refractivity contribution in [2.24, 2.45) is 5.73 Å². The lowest BCUT2D eigenvalue weighted by molar-refractivity contribution is -0.119. The number of aliphatic hydroxyl groups excluding tert-OH is 1. The first kappa shape index (κ1) is 15.7. The third-order valence-corrected chi connectivity index (χ3v) is 2.58. The highest BCUT2D eigenvalue weighted by Crippen LogP contribution is 2.09. The number of primary amides is 1. The van der Waals surface area contributed by atoms with E-state index in [9.17, 15) is 9.59 Å². The summed E-state index contributed by atoms with van der Waals surface area (Å²) in [5.41, 5.74) is 7.10. The molecule has 1 rings (SSSR count). The van der Waals surface area contributed by atoms with E-state index in [0.29, 0.717) is 17.5 Å². The maximum absolute atomic E-state index is 12.0. The van der Waals surface area contributed by atoms with Crippen molar-refractivity contribution in [1.29, 1.82) is 0 Å². The summed E-state index contributed by atoms with van der Waals surface area (Å²) in [5.74, 6) is 4.71. The van der Waals surface area contributed by atoms with Gasteiger partial charge in [-0.1, -0.05) is 11.8 Å². The van der Waals surface area contributed by atoms with E-state index in [-0.39, 0.29) is 12.5 Å². The van der Waals surface area contributed by atoms with Crippen LogP contribution < -0.4 is 11.1 Å². The Balaban J connectivity index is 2.93. The van der Waals surface area contributed by atoms with Crippen LogP contribution in [-0.2, 0) is 4.79 Å². The molecule has 1 atom stereocenters. The smallest absolute Gasteiger partial charge is 0.251 e. The maximum Gasteiger partial charge on any atom is 0.251 e. The van der Waals surface area contributed by atoms with Gasteiger partial charge < -0.3 is 16.2 Å². The van der Waals surface area contributed by atoms with Crippen LogP contribution in [-0.4, -0.2) is 29.6 Å². The molecule has 0 radical (unpaired) electrons. The van der Waals surface area contributed by atoms with Gasteiger partial charge >= 0.3 is 0 Å². The van der Waals surface area contributed by atoms with E-state index in [2.05, 4.69) is 17.2 Å². The van der Waals surface area contributed by atoms with Gasteiger partial charge in [-0.05, 0) is 37.6 Å². The van der Waals surface area contributed by atoms with Crippen molar-refractivity contribution in [1.82, 2.24) is 5.32 Å². The van der Waals surface area contributed by atoms with Gasteiger partial charge in [0.25, 0.3) is 5.91 Å². The van der Waals surface area contributed by atoms with E-state index in [1.807, 2.05) is 13.0 Å². The van der Waals surface area contributed by atoms with Crippen molar-refractivity contribution in [2.45, 2.75) is 26.3 Å². The average Bonchev–Trinajstić information content (AvgIpc) is 2.38. The van der Waals surface area contributed by atoms with Gasteiger partial charge in [-0.3, -0.25) is 9.59 Å². The van der Waals surface area contributed by atoms with Gasteiger partial charge in [0.1, 0.15) is 6.04 Å². The molecular formula is C15H18N2O3. The Morgan fingerprint density at radius 3 is 2.70 bits per heavy atom. The summed E-state index contributed by atoms with van der Waals surface area (Å²) < 4.78 is 0. The fourth-order valence-corrected chi connectivity index (χ4v) is 1.56. The van der Waals surface area contributed by atoms with Crippen LogP contribution >= 0.6 is 0 Å². The SMILES string of the molecule is Cc1cc(C#CCCO)cc(C(=O)NC(C)C(N)=O)c1. The fourth-order valence-electron chi connectivity index (χ4n) is 1.56. The molecule has 0 saturated heterocycles. The van der Waals surface area contributed by atoms with Crippen LogP contribution in [0.1, 0.15) is 34.8 Å². The van der Waals surface area contributed by atoms with Crippen LogP contribution in [0.3, 0.4) is 0 Å². The third kappa shape index (κ3) is 4.75. The molecule has 1 unspecified atom stereocenters. The molecule has 2 amide bonds. The monoisotopic (exact) mass is 274 g/mol. The highest BCUT2D eigenvalue weighted by Gasteiger charge is 2.14. The molecule has 0 aliphatic heterocycles. The van der Waals surface area contributed by atoms with Gasteiger partial charge in [0, 0.05) is 17.5 Å². The van der Waals surface area contributed by atoms with E-state index in [0.717, 1.165) is 5.56 Å². The number of carbonyl (C=O) groups is 2. The normalized spacial score (nSPS) is 11.2. The Morgan fingerprint density at radius 1 is 1.40 bits per heavy atom. The van der Waals surface area contributed by atoms with Crippen LogP contribution in [0.2, 0.25) is 0 Å². The Morgan fingerprint density at radius 2 is 2.10 bits per heavy atom. The maximum atomic E-state index is 12.0. The summed E-state index contributed by atoms with van der Waals surface area (Å²) in [6.45, 7) is 3.38. The van der Waals surface area contributed by atoms with Crippen LogP contribution in [0.15, 0.2) is 18.2 Å². The summed E-state index contributed by atoms with van der Waals surface area (Å²) in [7, 11) is 0. The number of carbonyl (C=O) groups excluding carboxylic acids is 2. The molecule has 0 spiro atoms. The predicted molar refractivity (Wildman–Crippen MR) is 75.9 cm³/mol. The zero-order chi connectivity index (χ0) is 15.1. The zero-order valence-electron chi connectivity index (χ0n) is 11.6. The molecule has 20 heavy (non-hydrogen) atoms. The van der Waals surface area contributed by atoms with Crippen LogP contribution in [0.5, 0.6) is 0 Å². The van der Waals surface area contributed by atoms with Gasteiger partial charge in [0.05, 0.1) is 6.61 Å². The van der Waals surface area contributed by atoms with E-state index < -0.39 is 11.9 Å². The lowest BCUT2D eigenvalue weighted by Gasteiger charge is -2.10. The fraction of sp³-hybridized carbons (Fsp3) is 0.333. The molecule has 0 aromatic heterocycles. The minimum Gasteiger partial charge on any atom is -0.395 e. The predicted octanol–water partition coefficient (Wildman–Crippen LogP) is 0.333. The van der Waals surface area contributed by atoms with Gasteiger partial charge in [-0.25, -0.2) is 0 Å². The summed E-state index contributed by atoms with van der Waals surface area (Å²) in [6, 6.07) is 4.46. The van der Waals surface area contributed by atoms with E-state index in [1.54, 1.807) is 12.1 Å². The Hall–Kier alpha value is -2.32. The second kappa shape index (κ2) is 7.31. The van der Waals surface area contributed by atoms with Crippen LogP contribution in [0.4, 0.5) is 0 Å². The minimum absolute atomic E-state index is 0.00227. The topological polar surface area (TPSA) is 92.4 Å². The summed E-state index contributed by atoms with van der Waals surface area (Å²) in [4.78, 5) is 22.9. The average molecular weight is 274 g/mol. The number of aryl methyl sites for hydroxylation is 1. The Labute approximate surface area is 118 Å². The van der Waals surface area contributed by atoms with E-state index >= 15 is 0 Å². The Kier molecular flexibility index (Phi) is 5.75. The quantitative estimate of drug-likeness (QED) is 0.691. The highest BCUT2D eigenvalue weighted by molar-refractivity contribution is 5.97. The third-order valence-electron chi connectivity index (χ3n) is 2.58. The van der Waals surface area contributed by atoms with Gasteiger partial charge in [-0.15, -0.1) is 0 Å². The summed E-state index contributed by atoms with van der Waals surface area (Å²) >= 11 is 0. The molecule has 106 valence electrons. The Bertz CT molecular complexity index is 570. The number of nitrogens with one attached hydrogen (secondary N) is 1. The van der Waals surface area contributed by atoms with E-state index in [1.165, 1.54) is 6.92 Å². The van der Waals surface area contributed by atoms with Gasteiger partial charge in [0.15, 0.2) is 0 Å². The molecule has 0 fully saturated rings. The van der Waals surface area contributed by atoms with Crippen molar-refractivity contribution in [2.75, 3.05) is 6.61 Å². The second-order valence-corrected chi connectivity index (χ2v) is 4.46. The molecule has 4 N–H and O–H groups in total. The van der Waals surface area contributed by atoms with Crippen molar-refractivity contribution in [3.05, 3.63) is 34.9 Å². The molecule has 0 heterocycles. The first-order chi connectivity index (χ1) is 9.43. The molecule has 1 aromatic rings. The summed E-state index contributed by atoms with van der Waals surface area (Å²) in [6.07, 6.45) is 0.383. The zero-order valence-corrected chi connectivity index (χ0v) is 11.6. The molecule has 0 aliphatic carbocycles. The number of amides is 2. The van der Waals surface area contributed by atoms with E-state index in [4.69, 9.17) is 10.8 Å². The summed E-state index contributed by atoms with van der Waals surface area (Å²) in [5, 5.41) is 11.2. The lowest BCUT2D eigenvalue weighted by atomic mass is 10.1. The van der Waals surface area contributed by atoms with Gasteiger partial charge in [-0.2, -0.15) is 0 Å². The molecule has 1 aromatic carbocycles. The van der Waals surface area contributed by atoms with Crippen LogP contribution in [0.25, 0.3) is 0 Å². The first-order valence-corrected chi connectivity index (χ1v) is 6.25. The molecule has 0 saturated carbocycles. The number of aliphatic hydroxyl groups is 1. The number of hydrogen-bond acceptors (Lipinski definition) is 3. The first-order valence-electron chi connectivity index (χ1n) is 6.25. The number of rotatable bonds is 4. The largest absolute Gasteiger partial charge is 0.395 e. The highest BCUT2D eigenvalue weighted by atomic mass is 16.2. The molecule has 0 aliphatic rings. The standard InChI is InChI=1S/C15H18N2O3/c1-10-7-12(5-3-4-6-18)9-13(8-10)15(20)17-11(2)14(16)19/h7-9,11,18H,4,6H2,1-2H3,(H2,16,19)(H,17,20). The van der Waals surface area contributed by atoms with Gasteiger partial charge in [0.2, 0.25) is 5.91 Å². The number of nitrogens with two attached hydrogens (primary N) is 1. The lowest BCUT2D eigenvalue weighted by Crippen LogP contribution is -2.42. The second-order valence-electron chi connectivity index (χ2n) is 4.46. The number of benzene rings is 1. The number of hydrogen-bond donors (Lipinski definition) is 3. The molecule has 5 heteroatoms. The van der Waals surface area contributed by atoms with Crippen molar-refractivity contribution >= 4 is 11.8 Å². The van der Waals surface area contributed by atoms with Crippen molar-refractivity contribution in [3.63, 3.8) is 0 Å². The van der Waals surface area contributed by atoms with Crippen molar-refractivity contribution in [3.8, 4) is 11.8 Å².